The van der Waals surface area contributed by atoms with Crippen LogP contribution in [0.1, 0.15) is 24.0 Å². The lowest BCUT2D eigenvalue weighted by Gasteiger charge is -2.12. The van der Waals surface area contributed by atoms with Gasteiger partial charge in [0.1, 0.15) is 12.4 Å². The van der Waals surface area contributed by atoms with E-state index in [0.29, 0.717) is 19.1 Å². The maximum absolute atomic E-state index is 12.2. The molecule has 0 saturated heterocycles. The molecule has 2 aromatic carbocycles. The number of aryl methyl sites for hydroxylation is 2. The van der Waals surface area contributed by atoms with Crippen molar-refractivity contribution in [1.29, 1.82) is 0 Å². The molecule has 0 saturated carbocycles. The summed E-state index contributed by atoms with van der Waals surface area (Å²) in [5.74, 6) is 0. The predicted octanol–water partition coefficient (Wildman–Crippen LogP) is 3.29. The molecule has 4 nitrogen and oxygen atoms in total. The first kappa shape index (κ1) is 17.4. The van der Waals surface area contributed by atoms with Crippen LogP contribution >= 0.6 is 0 Å². The average molecular weight is 332 g/mol. The van der Waals surface area contributed by atoms with Crippen LogP contribution in [-0.2, 0) is 25.5 Å². The van der Waals surface area contributed by atoms with Gasteiger partial charge in [-0.2, -0.15) is 8.42 Å². The van der Waals surface area contributed by atoms with Crippen LogP contribution < -0.4 is 0 Å². The summed E-state index contributed by atoms with van der Waals surface area (Å²) in [5.41, 5.74) is 2.11. The molecule has 0 aromatic heterocycles. The topological polar surface area (TPSA) is 60.4 Å². The molecule has 0 aliphatic carbocycles. The highest BCUT2D eigenvalue weighted by atomic mass is 32.2. The van der Waals surface area contributed by atoms with Gasteiger partial charge in [0.15, 0.2) is 0 Å². The van der Waals surface area contributed by atoms with Crippen LogP contribution in [0.3, 0.4) is 0 Å². The zero-order valence-electron chi connectivity index (χ0n) is 13.0. The number of aldehydes is 1. The fourth-order valence-electron chi connectivity index (χ4n) is 2.21. The van der Waals surface area contributed by atoms with E-state index in [-0.39, 0.29) is 4.90 Å². The molecule has 0 fully saturated rings. The van der Waals surface area contributed by atoms with E-state index in [4.69, 9.17) is 4.18 Å². The maximum atomic E-state index is 12.2. The molecule has 0 spiro atoms. The van der Waals surface area contributed by atoms with E-state index in [1.807, 2.05) is 37.3 Å². The molecule has 0 aliphatic heterocycles. The molecule has 23 heavy (non-hydrogen) atoms. The number of carbonyl (C=O) groups excluding carboxylic acids is 1. The second-order valence-corrected chi connectivity index (χ2v) is 6.99. The van der Waals surface area contributed by atoms with Crippen LogP contribution in [0.2, 0.25) is 0 Å². The summed E-state index contributed by atoms with van der Waals surface area (Å²) in [5, 5.41) is 0. The van der Waals surface area contributed by atoms with E-state index in [1.165, 1.54) is 12.1 Å². The smallest absolute Gasteiger partial charge is 0.297 e. The van der Waals surface area contributed by atoms with E-state index < -0.39 is 16.2 Å². The van der Waals surface area contributed by atoms with Crippen molar-refractivity contribution in [2.75, 3.05) is 0 Å². The number of carbonyl (C=O) groups is 1. The zero-order chi connectivity index (χ0) is 16.7. The lowest BCUT2D eigenvalue weighted by atomic mass is 10.1. The number of rotatable bonds is 8. The van der Waals surface area contributed by atoms with Gasteiger partial charge in [-0.3, -0.25) is 4.18 Å². The van der Waals surface area contributed by atoms with Gasteiger partial charge in [0.25, 0.3) is 10.1 Å². The van der Waals surface area contributed by atoms with Crippen LogP contribution in [0.5, 0.6) is 0 Å². The van der Waals surface area contributed by atoms with Gasteiger partial charge in [-0.25, -0.2) is 0 Å². The van der Waals surface area contributed by atoms with E-state index in [9.17, 15) is 13.2 Å². The fraction of sp³-hybridized carbons (Fsp3) is 0.278. The van der Waals surface area contributed by atoms with Crippen molar-refractivity contribution in [2.45, 2.75) is 37.2 Å². The Bertz CT molecular complexity index is 721. The van der Waals surface area contributed by atoms with Crippen molar-refractivity contribution in [3.8, 4) is 0 Å². The SMILES string of the molecule is Cc1ccc(S(=O)(=O)OC(C=O)CCCc2ccccc2)cc1. The van der Waals surface area contributed by atoms with Crippen molar-refractivity contribution < 1.29 is 17.4 Å². The first-order valence-electron chi connectivity index (χ1n) is 7.50. The molecule has 1 atom stereocenters. The third-order valence-corrected chi connectivity index (χ3v) is 4.86. The highest BCUT2D eigenvalue weighted by molar-refractivity contribution is 7.86. The first-order valence-corrected chi connectivity index (χ1v) is 8.91. The molecule has 2 rings (SSSR count). The molecule has 0 amide bonds. The van der Waals surface area contributed by atoms with Crippen molar-refractivity contribution in [1.82, 2.24) is 0 Å². The summed E-state index contributed by atoms with van der Waals surface area (Å²) >= 11 is 0. The lowest BCUT2D eigenvalue weighted by molar-refractivity contribution is -0.113. The number of hydrogen-bond donors (Lipinski definition) is 0. The van der Waals surface area contributed by atoms with E-state index >= 15 is 0 Å². The van der Waals surface area contributed by atoms with Crippen LogP contribution in [0.15, 0.2) is 59.5 Å². The molecule has 1 unspecified atom stereocenters. The van der Waals surface area contributed by atoms with Gasteiger partial charge in [0.2, 0.25) is 0 Å². The normalized spacial score (nSPS) is 12.7. The van der Waals surface area contributed by atoms with Crippen molar-refractivity contribution >= 4 is 16.4 Å². The number of hydrogen-bond acceptors (Lipinski definition) is 4. The zero-order valence-corrected chi connectivity index (χ0v) is 13.8. The van der Waals surface area contributed by atoms with Crippen LogP contribution in [0.4, 0.5) is 0 Å². The molecule has 122 valence electrons. The van der Waals surface area contributed by atoms with Crippen LogP contribution in [0.25, 0.3) is 0 Å². The summed E-state index contributed by atoms with van der Waals surface area (Å²) < 4.78 is 29.4. The van der Waals surface area contributed by atoms with Crippen molar-refractivity contribution in [3.05, 3.63) is 65.7 Å². The molecule has 0 bridgehead atoms. The molecule has 0 radical (unpaired) electrons. The standard InChI is InChI=1S/C18H20O4S/c1-15-10-12-18(13-11-15)23(20,21)22-17(14-19)9-5-8-16-6-3-2-4-7-16/h2-4,6-7,10-14,17H,5,8-9H2,1H3. The Hall–Kier alpha value is -1.98. The van der Waals surface area contributed by atoms with Gasteiger partial charge < -0.3 is 4.79 Å². The van der Waals surface area contributed by atoms with Crippen molar-refractivity contribution in [2.24, 2.45) is 0 Å². The van der Waals surface area contributed by atoms with Gasteiger partial charge >= 0.3 is 0 Å². The van der Waals surface area contributed by atoms with Gasteiger partial charge in [-0.05, 0) is 43.9 Å². The second-order valence-electron chi connectivity index (χ2n) is 5.42. The third-order valence-electron chi connectivity index (χ3n) is 3.51. The minimum atomic E-state index is -3.91. The van der Waals surface area contributed by atoms with Gasteiger partial charge in [0, 0.05) is 0 Å². The Morgan fingerprint density at radius 1 is 1.04 bits per heavy atom. The summed E-state index contributed by atoms with van der Waals surface area (Å²) in [6.07, 6.45) is 1.42. The predicted molar refractivity (Wildman–Crippen MR) is 88.7 cm³/mol. The van der Waals surface area contributed by atoms with E-state index in [0.717, 1.165) is 17.5 Å². The molecule has 0 N–H and O–H groups in total. The van der Waals surface area contributed by atoms with E-state index in [2.05, 4.69) is 0 Å². The number of benzene rings is 2. The molecular weight excluding hydrogens is 312 g/mol. The van der Waals surface area contributed by atoms with Gasteiger partial charge in [-0.1, -0.05) is 48.0 Å². The van der Waals surface area contributed by atoms with Gasteiger partial charge in [0.05, 0.1) is 4.90 Å². The molecule has 2 aromatic rings. The van der Waals surface area contributed by atoms with Crippen molar-refractivity contribution in [3.63, 3.8) is 0 Å². The summed E-state index contributed by atoms with van der Waals surface area (Å²) in [7, 11) is -3.91. The molecule has 5 heteroatoms. The minimum Gasteiger partial charge on any atom is -0.300 e. The van der Waals surface area contributed by atoms with Crippen LogP contribution in [0, 0.1) is 6.92 Å². The third kappa shape index (κ3) is 5.30. The summed E-state index contributed by atoms with van der Waals surface area (Å²) in [4.78, 5) is 11.2. The highest BCUT2D eigenvalue weighted by Gasteiger charge is 2.21. The Kier molecular flexibility index (Phi) is 6.07. The van der Waals surface area contributed by atoms with E-state index in [1.54, 1.807) is 12.1 Å². The quantitative estimate of drug-likeness (QED) is 0.550. The Balaban J connectivity index is 1.93. The minimum absolute atomic E-state index is 0.0676. The van der Waals surface area contributed by atoms with Crippen LogP contribution in [-0.4, -0.2) is 20.8 Å². The molecule has 0 aliphatic rings. The monoisotopic (exact) mass is 332 g/mol. The lowest BCUT2D eigenvalue weighted by Crippen LogP contribution is -2.20. The Morgan fingerprint density at radius 2 is 1.70 bits per heavy atom. The largest absolute Gasteiger partial charge is 0.300 e. The second kappa shape index (κ2) is 8.04. The Morgan fingerprint density at radius 3 is 2.30 bits per heavy atom. The molecule has 0 heterocycles. The highest BCUT2D eigenvalue weighted by Crippen LogP contribution is 2.17. The first-order chi connectivity index (χ1) is 11.0. The van der Waals surface area contributed by atoms with Gasteiger partial charge in [-0.15, -0.1) is 0 Å². The summed E-state index contributed by atoms with van der Waals surface area (Å²) in [6, 6.07) is 16.2. The molecular formula is C18H20O4S. The fourth-order valence-corrected chi connectivity index (χ4v) is 3.26. The average Bonchev–Trinajstić information content (AvgIpc) is 2.55. The Labute approximate surface area is 137 Å². The summed E-state index contributed by atoms with van der Waals surface area (Å²) in [6.45, 7) is 1.87. The maximum Gasteiger partial charge on any atom is 0.297 e.